The van der Waals surface area contributed by atoms with Gasteiger partial charge in [-0.05, 0) is 61.0 Å². The van der Waals surface area contributed by atoms with Crippen molar-refractivity contribution in [3.05, 3.63) is 89.4 Å². The molecule has 0 aliphatic rings. The van der Waals surface area contributed by atoms with Gasteiger partial charge in [0.25, 0.3) is 5.91 Å². The van der Waals surface area contributed by atoms with Crippen LogP contribution in [0.25, 0.3) is 0 Å². The molecule has 0 fully saturated rings. The Kier molecular flexibility index (Phi) is 9.05. The van der Waals surface area contributed by atoms with Crippen molar-refractivity contribution < 1.29 is 23.9 Å². The predicted molar refractivity (Wildman–Crippen MR) is 130 cm³/mol. The first-order valence-corrected chi connectivity index (χ1v) is 11.1. The van der Waals surface area contributed by atoms with Gasteiger partial charge in [-0.1, -0.05) is 41.9 Å². The van der Waals surface area contributed by atoms with E-state index in [9.17, 15) is 14.4 Å². The summed E-state index contributed by atoms with van der Waals surface area (Å²) in [5.74, 6) is -0.128. The number of nitrogens with one attached hydrogen (secondary N) is 2. The Balaban J connectivity index is 1.35. The normalized spacial score (nSPS) is 11.2. The molecule has 176 valence electrons. The Morgan fingerprint density at radius 1 is 0.824 bits per heavy atom. The van der Waals surface area contributed by atoms with Crippen LogP contribution in [0.5, 0.6) is 11.5 Å². The largest absolute Gasteiger partial charge is 0.457 e. The van der Waals surface area contributed by atoms with Crippen LogP contribution in [0.15, 0.2) is 78.9 Å². The SMILES string of the molecule is C[C@H](NC(=O)COC(=O)CCC(=O)Nc1ccc(Oc2ccc(Cl)cc2)cc1)c1ccccc1. The highest BCUT2D eigenvalue weighted by atomic mass is 35.5. The van der Waals surface area contributed by atoms with Crippen LogP contribution in [0.1, 0.15) is 31.4 Å². The number of ether oxygens (including phenoxy) is 2. The number of halogens is 1. The van der Waals surface area contributed by atoms with Gasteiger partial charge in [-0.2, -0.15) is 0 Å². The number of amides is 2. The molecule has 0 bridgehead atoms. The number of benzene rings is 3. The molecular formula is C26H25ClN2O5. The summed E-state index contributed by atoms with van der Waals surface area (Å²) in [6, 6.07) is 23.0. The van der Waals surface area contributed by atoms with Crippen molar-refractivity contribution >= 4 is 35.1 Å². The molecule has 0 aliphatic carbocycles. The number of carbonyl (C=O) groups excluding carboxylic acids is 3. The smallest absolute Gasteiger partial charge is 0.306 e. The molecular weight excluding hydrogens is 456 g/mol. The number of hydrogen-bond donors (Lipinski definition) is 2. The Hall–Kier alpha value is -3.84. The molecule has 1 atom stereocenters. The lowest BCUT2D eigenvalue weighted by Crippen LogP contribution is -2.31. The lowest BCUT2D eigenvalue weighted by Gasteiger charge is -2.14. The number of carbonyl (C=O) groups is 3. The molecule has 2 amide bonds. The Morgan fingerprint density at radius 2 is 1.44 bits per heavy atom. The molecule has 0 heterocycles. The van der Waals surface area contributed by atoms with Crippen LogP contribution in [0.4, 0.5) is 5.69 Å². The third-order valence-corrected chi connectivity index (χ3v) is 5.04. The number of hydrogen-bond acceptors (Lipinski definition) is 5. The first kappa shape index (κ1) is 24.8. The van der Waals surface area contributed by atoms with Crippen LogP contribution in [-0.4, -0.2) is 24.4 Å². The third-order valence-electron chi connectivity index (χ3n) is 4.78. The quantitative estimate of drug-likeness (QED) is 0.385. The van der Waals surface area contributed by atoms with E-state index < -0.39 is 18.5 Å². The number of esters is 1. The van der Waals surface area contributed by atoms with Crippen molar-refractivity contribution in [1.29, 1.82) is 0 Å². The van der Waals surface area contributed by atoms with Gasteiger partial charge in [0.1, 0.15) is 11.5 Å². The van der Waals surface area contributed by atoms with Gasteiger partial charge in [0.05, 0.1) is 12.5 Å². The van der Waals surface area contributed by atoms with Crippen molar-refractivity contribution in [2.24, 2.45) is 0 Å². The maximum atomic E-state index is 12.1. The molecule has 0 unspecified atom stereocenters. The summed E-state index contributed by atoms with van der Waals surface area (Å²) < 4.78 is 10.7. The highest BCUT2D eigenvalue weighted by Crippen LogP contribution is 2.24. The molecule has 0 aromatic heterocycles. The number of anilines is 1. The van der Waals surface area contributed by atoms with Crippen LogP contribution >= 0.6 is 11.6 Å². The summed E-state index contributed by atoms with van der Waals surface area (Å²) in [7, 11) is 0. The van der Waals surface area contributed by atoms with Gasteiger partial charge in [-0.15, -0.1) is 0 Å². The molecule has 0 aliphatic heterocycles. The fourth-order valence-electron chi connectivity index (χ4n) is 3.01. The Morgan fingerprint density at radius 3 is 2.09 bits per heavy atom. The van der Waals surface area contributed by atoms with E-state index in [4.69, 9.17) is 21.1 Å². The zero-order valence-electron chi connectivity index (χ0n) is 18.6. The predicted octanol–water partition coefficient (Wildman–Crippen LogP) is 5.27. The average molecular weight is 481 g/mol. The van der Waals surface area contributed by atoms with Crippen LogP contribution in [0.3, 0.4) is 0 Å². The lowest BCUT2D eigenvalue weighted by molar-refractivity contribution is -0.149. The molecule has 0 spiro atoms. The summed E-state index contributed by atoms with van der Waals surface area (Å²) in [6.45, 7) is 1.45. The lowest BCUT2D eigenvalue weighted by atomic mass is 10.1. The van der Waals surface area contributed by atoms with Gasteiger partial charge < -0.3 is 20.1 Å². The second kappa shape index (κ2) is 12.4. The van der Waals surface area contributed by atoms with E-state index in [-0.39, 0.29) is 24.8 Å². The first-order valence-electron chi connectivity index (χ1n) is 10.7. The van der Waals surface area contributed by atoms with Crippen LogP contribution in [0, 0.1) is 0 Å². The summed E-state index contributed by atoms with van der Waals surface area (Å²) >= 11 is 5.86. The second-order valence-electron chi connectivity index (χ2n) is 7.49. The van der Waals surface area contributed by atoms with E-state index in [1.54, 1.807) is 48.5 Å². The van der Waals surface area contributed by atoms with E-state index in [0.29, 0.717) is 22.2 Å². The Bertz CT molecular complexity index is 1100. The van der Waals surface area contributed by atoms with Crippen LogP contribution < -0.4 is 15.4 Å². The van der Waals surface area contributed by atoms with E-state index in [2.05, 4.69) is 10.6 Å². The van der Waals surface area contributed by atoms with Gasteiger partial charge in [0.15, 0.2) is 6.61 Å². The zero-order chi connectivity index (χ0) is 24.3. The second-order valence-corrected chi connectivity index (χ2v) is 7.93. The van der Waals surface area contributed by atoms with Gasteiger partial charge >= 0.3 is 5.97 Å². The van der Waals surface area contributed by atoms with Gasteiger partial charge in [0.2, 0.25) is 5.91 Å². The summed E-state index contributed by atoms with van der Waals surface area (Å²) in [5, 5.41) is 6.09. The molecule has 8 heteroatoms. The van der Waals surface area contributed by atoms with Crippen molar-refractivity contribution in [2.75, 3.05) is 11.9 Å². The van der Waals surface area contributed by atoms with Crippen molar-refractivity contribution in [3.8, 4) is 11.5 Å². The van der Waals surface area contributed by atoms with Crippen molar-refractivity contribution in [3.63, 3.8) is 0 Å². The molecule has 2 N–H and O–H groups in total. The summed E-state index contributed by atoms with van der Waals surface area (Å²) in [5.41, 5.74) is 1.51. The number of rotatable bonds is 10. The van der Waals surface area contributed by atoms with E-state index in [1.807, 2.05) is 37.3 Å². The molecule has 3 aromatic rings. The topological polar surface area (TPSA) is 93.7 Å². The summed E-state index contributed by atoms with van der Waals surface area (Å²) in [6.07, 6.45) is -0.199. The minimum atomic E-state index is -0.621. The van der Waals surface area contributed by atoms with Gasteiger partial charge in [-0.25, -0.2) is 0 Å². The Labute approximate surface area is 203 Å². The fraction of sp³-hybridized carbons (Fsp3) is 0.192. The van der Waals surface area contributed by atoms with Gasteiger partial charge in [-0.3, -0.25) is 14.4 Å². The van der Waals surface area contributed by atoms with E-state index in [0.717, 1.165) is 5.56 Å². The molecule has 0 saturated heterocycles. The van der Waals surface area contributed by atoms with Crippen LogP contribution in [0.2, 0.25) is 5.02 Å². The van der Waals surface area contributed by atoms with Crippen LogP contribution in [-0.2, 0) is 19.1 Å². The highest BCUT2D eigenvalue weighted by molar-refractivity contribution is 6.30. The standard InChI is InChI=1S/C26H25ClN2O5/c1-18(19-5-3-2-4-6-19)28-25(31)17-33-26(32)16-15-24(30)29-21-9-13-23(14-10-21)34-22-11-7-20(27)8-12-22/h2-14,18H,15-17H2,1H3,(H,28,31)(H,29,30)/t18-/m0/s1. The minimum absolute atomic E-state index is 0.0656. The molecule has 3 aromatic carbocycles. The molecule has 3 rings (SSSR count). The zero-order valence-corrected chi connectivity index (χ0v) is 19.4. The fourth-order valence-corrected chi connectivity index (χ4v) is 3.14. The average Bonchev–Trinajstić information content (AvgIpc) is 2.84. The van der Waals surface area contributed by atoms with E-state index in [1.165, 1.54) is 0 Å². The molecule has 34 heavy (non-hydrogen) atoms. The monoisotopic (exact) mass is 480 g/mol. The first-order chi connectivity index (χ1) is 16.4. The van der Waals surface area contributed by atoms with Crippen molar-refractivity contribution in [2.45, 2.75) is 25.8 Å². The summed E-state index contributed by atoms with van der Waals surface area (Å²) in [4.78, 5) is 36.0. The van der Waals surface area contributed by atoms with E-state index >= 15 is 0 Å². The molecule has 0 saturated carbocycles. The third kappa shape index (κ3) is 8.26. The minimum Gasteiger partial charge on any atom is -0.457 e. The maximum absolute atomic E-state index is 12.1. The molecule has 0 radical (unpaired) electrons. The molecule has 7 nitrogen and oxygen atoms in total. The van der Waals surface area contributed by atoms with Crippen molar-refractivity contribution in [1.82, 2.24) is 5.32 Å². The highest BCUT2D eigenvalue weighted by Gasteiger charge is 2.13. The van der Waals surface area contributed by atoms with Gasteiger partial charge in [0, 0.05) is 17.1 Å². The maximum Gasteiger partial charge on any atom is 0.306 e.